The van der Waals surface area contributed by atoms with Crippen LogP contribution in [0.25, 0.3) is 0 Å². The van der Waals surface area contributed by atoms with Crippen LogP contribution < -0.4 is 21.3 Å². The summed E-state index contributed by atoms with van der Waals surface area (Å²) in [5, 5.41) is 9.67. The fourth-order valence-corrected chi connectivity index (χ4v) is 3.26. The van der Waals surface area contributed by atoms with E-state index in [0.29, 0.717) is 50.3 Å². The Morgan fingerprint density at radius 3 is 1.42 bits per heavy atom. The van der Waals surface area contributed by atoms with E-state index in [1.54, 1.807) is 21.6 Å². The molecule has 0 aliphatic rings. The molecular formula is C14H26N4O4S2. The number of rotatable bonds is 11. The molecule has 8 nitrogen and oxygen atoms in total. The Morgan fingerprint density at radius 2 is 1.08 bits per heavy atom. The highest BCUT2D eigenvalue weighted by Crippen LogP contribution is 2.19. The van der Waals surface area contributed by atoms with Gasteiger partial charge >= 0.3 is 12.1 Å². The normalized spacial score (nSPS) is 9.92. The van der Waals surface area contributed by atoms with Gasteiger partial charge in [-0.05, 0) is 12.8 Å². The van der Waals surface area contributed by atoms with Crippen LogP contribution in [0, 0.1) is 0 Å². The Labute approximate surface area is 150 Å². The lowest BCUT2D eigenvalue weighted by Crippen LogP contribution is -2.40. The topological polar surface area (TPSA) is 116 Å². The van der Waals surface area contributed by atoms with E-state index >= 15 is 0 Å². The second-order valence-corrected chi connectivity index (χ2v) is 7.45. The molecule has 0 atom stereocenters. The Kier molecular flexibility index (Phi) is 14.2. The van der Waals surface area contributed by atoms with Crippen molar-refractivity contribution < 1.29 is 19.2 Å². The van der Waals surface area contributed by atoms with Crippen molar-refractivity contribution in [2.75, 3.05) is 24.6 Å². The largest absolute Gasteiger partial charge is 0.337 e. The van der Waals surface area contributed by atoms with E-state index in [1.165, 1.54) is 0 Å². The number of urea groups is 2. The Balaban J connectivity index is 3.45. The number of hydrogen-bond acceptors (Lipinski definition) is 6. The maximum absolute atomic E-state index is 11.3. The van der Waals surface area contributed by atoms with E-state index in [1.807, 2.05) is 13.8 Å². The molecule has 0 unspecified atom stereocenters. The molecule has 0 radical (unpaired) electrons. The van der Waals surface area contributed by atoms with Crippen LogP contribution >= 0.6 is 21.6 Å². The third kappa shape index (κ3) is 14.2. The van der Waals surface area contributed by atoms with Crippen molar-refractivity contribution in [2.24, 2.45) is 0 Å². The van der Waals surface area contributed by atoms with Crippen LogP contribution in [-0.4, -0.2) is 48.5 Å². The number of imide groups is 2. The fourth-order valence-electron chi connectivity index (χ4n) is 1.45. The van der Waals surface area contributed by atoms with Crippen molar-refractivity contribution in [1.29, 1.82) is 0 Å². The highest BCUT2D eigenvalue weighted by molar-refractivity contribution is 8.76. The Hall–Kier alpha value is -1.42. The van der Waals surface area contributed by atoms with Gasteiger partial charge in [0.25, 0.3) is 0 Å². The minimum absolute atomic E-state index is 0.279. The zero-order valence-electron chi connectivity index (χ0n) is 14.1. The van der Waals surface area contributed by atoms with Gasteiger partial charge < -0.3 is 10.6 Å². The van der Waals surface area contributed by atoms with E-state index in [0.717, 1.165) is 0 Å². The molecule has 0 aliphatic carbocycles. The molecule has 138 valence electrons. The van der Waals surface area contributed by atoms with Gasteiger partial charge in [0.05, 0.1) is 0 Å². The summed E-state index contributed by atoms with van der Waals surface area (Å²) in [6.45, 7) is 4.63. The molecule has 0 aromatic carbocycles. The first-order valence-electron chi connectivity index (χ1n) is 7.89. The number of hydrogen-bond donors (Lipinski definition) is 4. The summed E-state index contributed by atoms with van der Waals surface area (Å²) < 4.78 is 0. The smallest absolute Gasteiger partial charge is 0.321 e. The van der Waals surface area contributed by atoms with Gasteiger partial charge in [-0.25, -0.2) is 9.59 Å². The molecule has 0 heterocycles. The van der Waals surface area contributed by atoms with Gasteiger partial charge in [-0.1, -0.05) is 35.4 Å². The van der Waals surface area contributed by atoms with Crippen molar-refractivity contribution in [3.8, 4) is 0 Å². The first kappa shape index (κ1) is 22.6. The van der Waals surface area contributed by atoms with Crippen LogP contribution in [0.2, 0.25) is 0 Å². The summed E-state index contributed by atoms with van der Waals surface area (Å²) in [6.07, 6.45) is 2.07. The van der Waals surface area contributed by atoms with E-state index in [4.69, 9.17) is 0 Å². The molecule has 24 heavy (non-hydrogen) atoms. The standard InChI is InChI=1S/C14H26N4O4S2/c1-3-5-11(19)17-13(21)15-7-9-23-24-10-8-16-14(22)18-12(20)6-4-2/h3-10H2,1-2H3,(H2,15,17,19,21)(H2,16,18,20,22). The van der Waals surface area contributed by atoms with E-state index < -0.39 is 12.1 Å². The predicted molar refractivity (Wildman–Crippen MR) is 97.8 cm³/mol. The Bertz CT molecular complexity index is 384. The van der Waals surface area contributed by atoms with Crippen LogP contribution in [0.15, 0.2) is 0 Å². The third-order valence-electron chi connectivity index (χ3n) is 2.49. The van der Waals surface area contributed by atoms with Crippen molar-refractivity contribution in [3.05, 3.63) is 0 Å². The molecule has 0 spiro atoms. The molecule has 0 aromatic heterocycles. The molecule has 0 fully saturated rings. The lowest BCUT2D eigenvalue weighted by molar-refractivity contribution is -0.120. The van der Waals surface area contributed by atoms with Crippen LogP contribution in [0.1, 0.15) is 39.5 Å². The summed E-state index contributed by atoms with van der Waals surface area (Å²) in [7, 11) is 3.10. The van der Waals surface area contributed by atoms with Crippen molar-refractivity contribution in [2.45, 2.75) is 39.5 Å². The summed E-state index contributed by atoms with van der Waals surface area (Å²) >= 11 is 0. The number of carbonyl (C=O) groups excluding carboxylic acids is 4. The number of nitrogens with one attached hydrogen (secondary N) is 4. The molecule has 0 saturated heterocycles. The van der Waals surface area contributed by atoms with Gasteiger partial charge in [0.1, 0.15) is 0 Å². The molecule has 10 heteroatoms. The second kappa shape index (κ2) is 15.1. The zero-order valence-corrected chi connectivity index (χ0v) is 15.7. The highest BCUT2D eigenvalue weighted by atomic mass is 33.1. The summed E-state index contributed by atoms with van der Waals surface area (Å²) in [5.74, 6) is 0.806. The molecule has 0 aliphatic heterocycles. The quantitative estimate of drug-likeness (QED) is 0.321. The number of carbonyl (C=O) groups is 4. The van der Waals surface area contributed by atoms with E-state index in [9.17, 15) is 19.2 Å². The molecule has 0 bridgehead atoms. The first-order valence-corrected chi connectivity index (χ1v) is 10.4. The van der Waals surface area contributed by atoms with Gasteiger partial charge in [0, 0.05) is 37.4 Å². The zero-order chi connectivity index (χ0) is 18.2. The summed E-state index contributed by atoms with van der Waals surface area (Å²) in [4.78, 5) is 45.0. The van der Waals surface area contributed by atoms with E-state index in [2.05, 4.69) is 21.3 Å². The van der Waals surface area contributed by atoms with Gasteiger partial charge in [0.2, 0.25) is 11.8 Å². The molecular weight excluding hydrogens is 352 g/mol. The van der Waals surface area contributed by atoms with Gasteiger partial charge in [-0.3, -0.25) is 20.2 Å². The van der Waals surface area contributed by atoms with Crippen molar-refractivity contribution in [3.63, 3.8) is 0 Å². The molecule has 0 saturated carbocycles. The third-order valence-corrected chi connectivity index (χ3v) is 4.89. The molecule has 0 aromatic rings. The average Bonchev–Trinajstić information content (AvgIpc) is 2.50. The lowest BCUT2D eigenvalue weighted by Gasteiger charge is -2.07. The van der Waals surface area contributed by atoms with Crippen LogP contribution in [-0.2, 0) is 9.59 Å². The lowest BCUT2D eigenvalue weighted by atomic mass is 10.3. The SMILES string of the molecule is CCCC(=O)NC(=O)NCCSSCCNC(=O)NC(=O)CCC. The summed E-state index contributed by atoms with van der Waals surface area (Å²) in [5.41, 5.74) is 0. The molecule has 6 amide bonds. The average molecular weight is 379 g/mol. The predicted octanol–water partition coefficient (Wildman–Crippen LogP) is 1.62. The fraction of sp³-hybridized carbons (Fsp3) is 0.714. The van der Waals surface area contributed by atoms with Crippen molar-refractivity contribution >= 4 is 45.5 Å². The van der Waals surface area contributed by atoms with Crippen LogP contribution in [0.3, 0.4) is 0 Å². The maximum atomic E-state index is 11.3. The molecule has 4 N–H and O–H groups in total. The minimum Gasteiger partial charge on any atom is -0.337 e. The van der Waals surface area contributed by atoms with Crippen molar-refractivity contribution in [1.82, 2.24) is 21.3 Å². The van der Waals surface area contributed by atoms with Gasteiger partial charge in [-0.2, -0.15) is 0 Å². The summed E-state index contributed by atoms with van der Waals surface area (Å²) in [6, 6.07) is -0.955. The van der Waals surface area contributed by atoms with Crippen LogP contribution in [0.5, 0.6) is 0 Å². The monoisotopic (exact) mass is 378 g/mol. The van der Waals surface area contributed by atoms with Crippen LogP contribution in [0.4, 0.5) is 9.59 Å². The maximum Gasteiger partial charge on any atom is 0.321 e. The Morgan fingerprint density at radius 1 is 0.708 bits per heavy atom. The second-order valence-electron chi connectivity index (χ2n) is 4.75. The van der Waals surface area contributed by atoms with E-state index in [-0.39, 0.29) is 11.8 Å². The molecule has 0 rings (SSSR count). The first-order chi connectivity index (χ1) is 11.5. The van der Waals surface area contributed by atoms with Gasteiger partial charge in [0.15, 0.2) is 0 Å². The highest BCUT2D eigenvalue weighted by Gasteiger charge is 2.06. The minimum atomic E-state index is -0.478. The van der Waals surface area contributed by atoms with Gasteiger partial charge in [-0.15, -0.1) is 0 Å². The number of amides is 6.